The summed E-state index contributed by atoms with van der Waals surface area (Å²) in [5, 5.41) is -1.14. The molecule has 174 valence electrons. The number of thiol groups is 1. The van der Waals surface area contributed by atoms with Crippen molar-refractivity contribution in [2.75, 3.05) is 6.61 Å². The number of nitrogens with zero attached hydrogens (tertiary/aromatic N) is 4. The van der Waals surface area contributed by atoms with Crippen LogP contribution in [0.2, 0.25) is 0 Å². The van der Waals surface area contributed by atoms with Gasteiger partial charge in [0.15, 0.2) is 17.4 Å². The van der Waals surface area contributed by atoms with E-state index in [9.17, 15) is 13.7 Å². The Morgan fingerprint density at radius 2 is 1.71 bits per heavy atom. The van der Waals surface area contributed by atoms with E-state index in [1.165, 1.54) is 4.57 Å². The molecule has 0 aromatic carbocycles. The molecular weight excluding hydrogens is 509 g/mol. The zero-order chi connectivity index (χ0) is 23.2. The molecule has 3 heterocycles. The highest BCUT2D eigenvalue weighted by atomic mass is 32.1. The van der Waals surface area contributed by atoms with E-state index >= 15 is 0 Å². The monoisotopic (exact) mass is 524 g/mol. The Balaban J connectivity index is 1.95. The Labute approximate surface area is 177 Å². The summed E-state index contributed by atoms with van der Waals surface area (Å²) in [5.41, 5.74) is -0.244. The number of hydrogen-bond acceptors (Lipinski definition) is 11. The van der Waals surface area contributed by atoms with E-state index in [-0.39, 0.29) is 11.2 Å². The van der Waals surface area contributed by atoms with Crippen LogP contribution in [-0.2, 0) is 27.5 Å². The lowest BCUT2D eigenvalue weighted by Crippen LogP contribution is -2.33. The van der Waals surface area contributed by atoms with E-state index in [2.05, 4.69) is 41.2 Å². The highest BCUT2D eigenvalue weighted by Crippen LogP contribution is 2.47. The highest BCUT2D eigenvalue weighted by molar-refractivity contribution is 7.81. The van der Waals surface area contributed by atoms with Crippen molar-refractivity contribution in [1.29, 1.82) is 0 Å². The SMILES string of the molecule is O=P(O)(O)OC[C@H]1O[C@@H](n2cnc3c(OP(=O)(O)O)ncnc32)[C@H](S)[C@@H]1OP(=O)(O)O. The van der Waals surface area contributed by atoms with Crippen LogP contribution in [0.4, 0.5) is 0 Å². The summed E-state index contributed by atoms with van der Waals surface area (Å²) >= 11 is 4.23. The lowest BCUT2D eigenvalue weighted by molar-refractivity contribution is -0.0415. The van der Waals surface area contributed by atoms with Gasteiger partial charge in [0.05, 0.1) is 18.2 Å². The fraction of sp³-hybridized carbons (Fsp3) is 0.500. The second-order valence-corrected chi connectivity index (χ2v) is 10.2. The van der Waals surface area contributed by atoms with Crippen molar-refractivity contribution in [3.05, 3.63) is 12.7 Å². The van der Waals surface area contributed by atoms with Crippen LogP contribution < -0.4 is 4.52 Å². The number of imidazole rings is 1. The molecule has 1 aliphatic heterocycles. The molecule has 2 aromatic rings. The van der Waals surface area contributed by atoms with E-state index in [0.29, 0.717) is 0 Å². The minimum atomic E-state index is -5.07. The van der Waals surface area contributed by atoms with Crippen LogP contribution in [0.1, 0.15) is 6.23 Å². The molecular formula is C10H15N4O13P3S. The zero-order valence-electron chi connectivity index (χ0n) is 14.8. The molecule has 31 heavy (non-hydrogen) atoms. The minimum Gasteiger partial charge on any atom is -0.383 e. The maximum atomic E-state index is 11.3. The predicted molar refractivity (Wildman–Crippen MR) is 99.6 cm³/mol. The average Bonchev–Trinajstić information content (AvgIpc) is 3.13. The molecule has 4 atom stereocenters. The summed E-state index contributed by atoms with van der Waals surface area (Å²) in [4.78, 5) is 65.4. The molecule has 0 amide bonds. The second kappa shape index (κ2) is 8.76. The largest absolute Gasteiger partial charge is 0.526 e. The topological polar surface area (TPSA) is 253 Å². The minimum absolute atomic E-state index is 0.0611. The molecule has 6 N–H and O–H groups in total. The number of phosphoric ester groups is 3. The third-order valence-electron chi connectivity index (χ3n) is 3.78. The first-order valence-electron chi connectivity index (χ1n) is 7.85. The van der Waals surface area contributed by atoms with E-state index in [1.54, 1.807) is 0 Å². The van der Waals surface area contributed by atoms with E-state index in [4.69, 9.17) is 34.1 Å². The first-order valence-corrected chi connectivity index (χ1v) is 13.0. The van der Waals surface area contributed by atoms with Crippen LogP contribution in [0.5, 0.6) is 5.88 Å². The fourth-order valence-electron chi connectivity index (χ4n) is 2.74. The standard InChI is InChI=1S/C10H15N4O13P3S/c15-28(16,17)24-1-4-6(26-29(18,19)20)7(31)10(25-4)14-3-13-5-8(14)11-2-12-9(5)27-30(21,22)23/h2-4,6-7,10,31H,1H2,(H2,15,16,17)(H2,18,19,20)(H2,21,22,23)/t4-,6-,7-,10-/m1/s1. The van der Waals surface area contributed by atoms with Crippen LogP contribution in [-0.4, -0.2) is 72.9 Å². The number of ether oxygens (including phenoxy) is 1. The molecule has 17 nitrogen and oxygen atoms in total. The van der Waals surface area contributed by atoms with Crippen LogP contribution in [0.15, 0.2) is 12.7 Å². The summed E-state index contributed by atoms with van der Waals surface area (Å²) in [6.07, 6.45) is -2.09. The van der Waals surface area contributed by atoms with Gasteiger partial charge in [-0.1, -0.05) is 0 Å². The van der Waals surface area contributed by atoms with Gasteiger partial charge in [-0.3, -0.25) is 23.4 Å². The number of aromatic nitrogens is 4. The molecule has 1 aliphatic rings. The number of fused-ring (bicyclic) bond motifs is 1. The van der Waals surface area contributed by atoms with Crippen molar-refractivity contribution < 1.29 is 61.4 Å². The van der Waals surface area contributed by atoms with Gasteiger partial charge in [-0.2, -0.15) is 17.6 Å². The molecule has 0 spiro atoms. The number of phosphoric acid groups is 3. The van der Waals surface area contributed by atoms with Gasteiger partial charge < -0.3 is 28.8 Å². The molecule has 0 unspecified atom stereocenters. The second-order valence-electron chi connectivity index (χ2n) is 5.99. The summed E-state index contributed by atoms with van der Waals surface area (Å²) in [5.74, 6) is -0.546. The smallest absolute Gasteiger partial charge is 0.383 e. The lowest BCUT2D eigenvalue weighted by Gasteiger charge is -2.21. The highest BCUT2D eigenvalue weighted by Gasteiger charge is 2.48. The fourth-order valence-corrected chi connectivity index (χ4v) is 4.59. The Hall–Kier alpha value is -0.970. The van der Waals surface area contributed by atoms with Crippen LogP contribution >= 0.6 is 36.1 Å². The Morgan fingerprint density at radius 1 is 1.03 bits per heavy atom. The Kier molecular flexibility index (Phi) is 6.97. The van der Waals surface area contributed by atoms with Crippen LogP contribution in [0.3, 0.4) is 0 Å². The van der Waals surface area contributed by atoms with E-state index in [1.807, 2.05) is 0 Å². The molecule has 0 saturated carbocycles. The third kappa shape index (κ3) is 6.30. The number of hydrogen-bond donors (Lipinski definition) is 7. The van der Waals surface area contributed by atoms with Gasteiger partial charge in [-0.05, 0) is 0 Å². The quantitative estimate of drug-likeness (QED) is 0.163. The van der Waals surface area contributed by atoms with Gasteiger partial charge >= 0.3 is 23.5 Å². The first-order chi connectivity index (χ1) is 14.1. The van der Waals surface area contributed by atoms with Crippen molar-refractivity contribution >= 4 is 47.3 Å². The molecule has 3 rings (SSSR count). The Bertz CT molecular complexity index is 1100. The molecule has 0 bridgehead atoms. The van der Waals surface area contributed by atoms with Crippen LogP contribution in [0, 0.1) is 0 Å². The van der Waals surface area contributed by atoms with Crippen molar-refractivity contribution in [2.45, 2.75) is 23.7 Å². The summed E-state index contributed by atoms with van der Waals surface area (Å²) in [6.45, 7) is -0.809. The van der Waals surface area contributed by atoms with E-state index in [0.717, 1.165) is 12.7 Å². The molecule has 0 aliphatic carbocycles. The van der Waals surface area contributed by atoms with Gasteiger partial charge in [0.25, 0.3) is 5.88 Å². The van der Waals surface area contributed by atoms with Gasteiger partial charge in [0.2, 0.25) is 0 Å². The van der Waals surface area contributed by atoms with Crippen molar-refractivity contribution in [1.82, 2.24) is 19.5 Å². The molecule has 1 fully saturated rings. The lowest BCUT2D eigenvalue weighted by atomic mass is 10.2. The van der Waals surface area contributed by atoms with Gasteiger partial charge in [-0.25, -0.2) is 23.7 Å². The molecule has 0 radical (unpaired) electrons. The molecule has 1 saturated heterocycles. The third-order valence-corrected chi connectivity index (χ3v) is 5.74. The summed E-state index contributed by atoms with van der Waals surface area (Å²) < 4.78 is 53.6. The summed E-state index contributed by atoms with van der Waals surface area (Å²) in [7, 11) is -15.0. The van der Waals surface area contributed by atoms with Crippen LogP contribution in [0.25, 0.3) is 11.2 Å². The molecule has 2 aromatic heterocycles. The van der Waals surface area contributed by atoms with Gasteiger partial charge in [0.1, 0.15) is 18.5 Å². The maximum Gasteiger partial charge on any atom is 0.526 e. The van der Waals surface area contributed by atoms with Crippen molar-refractivity contribution in [3.63, 3.8) is 0 Å². The molecule has 21 heteroatoms. The van der Waals surface area contributed by atoms with Gasteiger partial charge in [0, 0.05) is 0 Å². The zero-order valence-corrected chi connectivity index (χ0v) is 18.4. The van der Waals surface area contributed by atoms with Crippen molar-refractivity contribution in [2.24, 2.45) is 0 Å². The maximum absolute atomic E-state index is 11.3. The Morgan fingerprint density at radius 3 is 2.29 bits per heavy atom. The number of rotatable bonds is 8. The normalized spacial score (nSPS) is 25.3. The van der Waals surface area contributed by atoms with Gasteiger partial charge in [-0.15, -0.1) is 0 Å². The predicted octanol–water partition coefficient (Wildman–Crippen LogP) is -0.919. The first kappa shape index (κ1) is 24.7. The van der Waals surface area contributed by atoms with Crippen molar-refractivity contribution in [3.8, 4) is 5.88 Å². The summed E-state index contributed by atoms with van der Waals surface area (Å²) in [6, 6.07) is 0. The van der Waals surface area contributed by atoms with E-state index < -0.39 is 59.6 Å². The average molecular weight is 524 g/mol.